The van der Waals surface area contributed by atoms with Crippen LogP contribution < -0.4 is 5.32 Å². The van der Waals surface area contributed by atoms with Crippen LogP contribution in [0.1, 0.15) is 30.7 Å². The highest BCUT2D eigenvalue weighted by molar-refractivity contribution is 7.08. The molecule has 3 rings (SSSR count). The number of aromatic nitrogens is 2. The first-order chi connectivity index (χ1) is 9.79. The summed E-state index contributed by atoms with van der Waals surface area (Å²) in [5.74, 6) is 1.51. The monoisotopic (exact) mass is 293 g/mol. The van der Waals surface area contributed by atoms with Crippen molar-refractivity contribution in [1.82, 2.24) is 15.5 Å². The normalized spacial score (nSPS) is 22.5. The number of aryl methyl sites for hydroxylation is 1. The van der Waals surface area contributed by atoms with E-state index in [1.807, 2.05) is 0 Å². The molecular weight excluding hydrogens is 274 g/mol. The molecule has 1 aliphatic rings. The zero-order valence-corrected chi connectivity index (χ0v) is 12.6. The van der Waals surface area contributed by atoms with Crippen molar-refractivity contribution in [1.29, 1.82) is 0 Å². The molecule has 1 aliphatic heterocycles. The maximum atomic E-state index is 5.56. The van der Waals surface area contributed by atoms with E-state index in [0.717, 1.165) is 18.5 Å². The average molecular weight is 293 g/mol. The molecule has 0 aromatic carbocycles. The van der Waals surface area contributed by atoms with E-state index in [1.54, 1.807) is 11.3 Å². The molecule has 2 aromatic heterocycles. The molecule has 1 saturated heterocycles. The molecule has 1 fully saturated rings. The number of hydrogen-bond donors (Lipinski definition) is 1. The summed E-state index contributed by atoms with van der Waals surface area (Å²) < 4.78 is 11.0. The highest BCUT2D eigenvalue weighted by Gasteiger charge is 2.33. The van der Waals surface area contributed by atoms with Crippen LogP contribution in [0.4, 0.5) is 0 Å². The Morgan fingerprint density at radius 1 is 1.40 bits per heavy atom. The zero-order chi connectivity index (χ0) is 13.9. The van der Waals surface area contributed by atoms with Gasteiger partial charge in [-0.2, -0.15) is 16.3 Å². The van der Waals surface area contributed by atoms with Crippen molar-refractivity contribution in [3.8, 4) is 11.4 Å². The van der Waals surface area contributed by atoms with Gasteiger partial charge in [0, 0.05) is 17.0 Å². The minimum absolute atomic E-state index is 0.154. The summed E-state index contributed by atoms with van der Waals surface area (Å²) in [6.45, 7) is 6.55. The van der Waals surface area contributed by atoms with Crippen LogP contribution in [0.15, 0.2) is 15.3 Å². The Morgan fingerprint density at radius 3 is 3.05 bits per heavy atom. The van der Waals surface area contributed by atoms with Crippen molar-refractivity contribution in [3.05, 3.63) is 22.2 Å². The highest BCUT2D eigenvalue weighted by Crippen LogP contribution is 2.29. The van der Waals surface area contributed by atoms with Crippen LogP contribution in [0, 0.1) is 6.92 Å². The van der Waals surface area contributed by atoms with E-state index in [4.69, 9.17) is 9.26 Å². The van der Waals surface area contributed by atoms with Crippen molar-refractivity contribution >= 4 is 11.3 Å². The predicted molar refractivity (Wildman–Crippen MR) is 78.0 cm³/mol. The molecule has 1 N–H and O–H groups in total. The smallest absolute Gasteiger partial charge is 0.234 e. The van der Waals surface area contributed by atoms with Gasteiger partial charge in [0.1, 0.15) is 0 Å². The second kappa shape index (κ2) is 6.03. The molecule has 0 aliphatic carbocycles. The first kappa shape index (κ1) is 13.7. The SMILES string of the molecule is CCCNC1COCC1c1nc(-c2cscc2C)no1. The van der Waals surface area contributed by atoms with E-state index in [9.17, 15) is 0 Å². The lowest BCUT2D eigenvalue weighted by Gasteiger charge is -2.14. The van der Waals surface area contributed by atoms with Crippen molar-refractivity contribution in [2.75, 3.05) is 19.8 Å². The molecule has 0 spiro atoms. The van der Waals surface area contributed by atoms with E-state index in [-0.39, 0.29) is 12.0 Å². The van der Waals surface area contributed by atoms with Crippen LogP contribution in [0.3, 0.4) is 0 Å². The van der Waals surface area contributed by atoms with Crippen LogP contribution in [0.5, 0.6) is 0 Å². The lowest BCUT2D eigenvalue weighted by Crippen LogP contribution is -2.34. The van der Waals surface area contributed by atoms with Gasteiger partial charge in [-0.25, -0.2) is 0 Å². The zero-order valence-electron chi connectivity index (χ0n) is 11.8. The Morgan fingerprint density at radius 2 is 2.30 bits per heavy atom. The van der Waals surface area contributed by atoms with E-state index in [2.05, 4.69) is 40.1 Å². The van der Waals surface area contributed by atoms with Crippen molar-refractivity contribution < 1.29 is 9.26 Å². The first-order valence-electron chi connectivity index (χ1n) is 6.97. The van der Waals surface area contributed by atoms with E-state index < -0.39 is 0 Å². The Balaban J connectivity index is 1.78. The number of thiophene rings is 1. The molecule has 20 heavy (non-hydrogen) atoms. The van der Waals surface area contributed by atoms with Crippen LogP contribution >= 0.6 is 11.3 Å². The number of rotatable bonds is 5. The Labute approximate surface area is 122 Å². The molecule has 5 nitrogen and oxygen atoms in total. The number of ether oxygens (including phenoxy) is 1. The fourth-order valence-electron chi connectivity index (χ4n) is 2.41. The largest absolute Gasteiger partial charge is 0.379 e. The fraction of sp³-hybridized carbons (Fsp3) is 0.571. The minimum atomic E-state index is 0.154. The van der Waals surface area contributed by atoms with Crippen molar-refractivity contribution in [3.63, 3.8) is 0 Å². The third kappa shape index (κ3) is 2.63. The summed E-state index contributed by atoms with van der Waals surface area (Å²) in [5.41, 5.74) is 2.24. The van der Waals surface area contributed by atoms with Gasteiger partial charge in [-0.3, -0.25) is 0 Å². The molecule has 108 valence electrons. The van der Waals surface area contributed by atoms with Gasteiger partial charge in [-0.05, 0) is 30.8 Å². The summed E-state index contributed by atoms with van der Waals surface area (Å²) >= 11 is 1.66. The first-order valence-corrected chi connectivity index (χ1v) is 7.91. The third-order valence-corrected chi connectivity index (χ3v) is 4.45. The Kier molecular flexibility index (Phi) is 4.14. The van der Waals surface area contributed by atoms with Crippen molar-refractivity contribution in [2.45, 2.75) is 32.2 Å². The van der Waals surface area contributed by atoms with Gasteiger partial charge >= 0.3 is 0 Å². The van der Waals surface area contributed by atoms with Crippen LogP contribution in [0.2, 0.25) is 0 Å². The molecule has 3 heterocycles. The number of hydrogen-bond acceptors (Lipinski definition) is 6. The van der Waals surface area contributed by atoms with Crippen LogP contribution in [-0.2, 0) is 4.74 Å². The molecule has 2 aromatic rings. The summed E-state index contributed by atoms with van der Waals surface area (Å²) in [5, 5.41) is 11.8. The van der Waals surface area contributed by atoms with Crippen molar-refractivity contribution in [2.24, 2.45) is 0 Å². The standard InChI is InChI=1S/C14H19N3O2S/c1-3-4-15-12-6-18-5-10(12)14-16-13(17-19-14)11-8-20-7-9(11)2/h7-8,10,12,15H,3-6H2,1-2H3. The molecule has 0 radical (unpaired) electrons. The predicted octanol–water partition coefficient (Wildman–Crippen LogP) is 2.59. The third-order valence-electron chi connectivity index (χ3n) is 3.59. The molecule has 0 amide bonds. The summed E-state index contributed by atoms with van der Waals surface area (Å²) in [7, 11) is 0. The van der Waals surface area contributed by atoms with Gasteiger partial charge in [-0.1, -0.05) is 12.1 Å². The Bertz CT molecular complexity index is 566. The van der Waals surface area contributed by atoms with Gasteiger partial charge in [0.25, 0.3) is 0 Å². The Hall–Kier alpha value is -1.24. The van der Waals surface area contributed by atoms with Gasteiger partial charge in [-0.15, -0.1) is 0 Å². The molecule has 0 saturated carbocycles. The van der Waals surface area contributed by atoms with Crippen LogP contribution in [-0.4, -0.2) is 35.9 Å². The summed E-state index contributed by atoms with van der Waals surface area (Å²) in [4.78, 5) is 4.56. The molecule has 2 atom stereocenters. The minimum Gasteiger partial charge on any atom is -0.379 e. The fourth-order valence-corrected chi connectivity index (χ4v) is 3.24. The van der Waals surface area contributed by atoms with Gasteiger partial charge in [0.15, 0.2) is 0 Å². The van der Waals surface area contributed by atoms with E-state index in [0.29, 0.717) is 24.9 Å². The van der Waals surface area contributed by atoms with Gasteiger partial charge in [0.05, 0.1) is 19.1 Å². The lowest BCUT2D eigenvalue weighted by atomic mass is 10.0. The maximum Gasteiger partial charge on any atom is 0.234 e. The summed E-state index contributed by atoms with van der Waals surface area (Å²) in [6.07, 6.45) is 1.10. The van der Waals surface area contributed by atoms with Gasteiger partial charge < -0.3 is 14.6 Å². The second-order valence-corrected chi connectivity index (χ2v) is 5.87. The topological polar surface area (TPSA) is 60.2 Å². The average Bonchev–Trinajstić information content (AvgIpc) is 3.15. The maximum absolute atomic E-state index is 5.56. The van der Waals surface area contributed by atoms with Crippen LogP contribution in [0.25, 0.3) is 11.4 Å². The molecule has 0 bridgehead atoms. The number of nitrogens with zero attached hydrogens (tertiary/aromatic N) is 2. The van der Waals surface area contributed by atoms with E-state index in [1.165, 1.54) is 5.56 Å². The molecule has 2 unspecified atom stereocenters. The second-order valence-electron chi connectivity index (χ2n) is 5.13. The molecular formula is C14H19N3O2S. The number of nitrogens with one attached hydrogen (secondary N) is 1. The van der Waals surface area contributed by atoms with E-state index >= 15 is 0 Å². The molecule has 6 heteroatoms. The van der Waals surface area contributed by atoms with Gasteiger partial charge in [0.2, 0.25) is 11.7 Å². The lowest BCUT2D eigenvalue weighted by molar-refractivity contribution is 0.184. The quantitative estimate of drug-likeness (QED) is 0.918. The summed E-state index contributed by atoms with van der Waals surface area (Å²) in [6, 6.07) is 0.270. The highest BCUT2D eigenvalue weighted by atomic mass is 32.1.